The van der Waals surface area contributed by atoms with Crippen LogP contribution in [0.2, 0.25) is 0 Å². The van der Waals surface area contributed by atoms with Gasteiger partial charge in [0.25, 0.3) is 0 Å². The Labute approximate surface area is 252 Å². The fraction of sp³-hybridized carbons (Fsp3) is 0.484. The van der Waals surface area contributed by atoms with Crippen LogP contribution in [0, 0.1) is 5.92 Å². The molecule has 13 heteroatoms. The van der Waals surface area contributed by atoms with Gasteiger partial charge in [-0.2, -0.15) is 26.3 Å². The number of carbonyl (C=O) groups is 3. The number of nitrogens with two attached hydrogens (primary N) is 1. The van der Waals surface area contributed by atoms with Gasteiger partial charge in [-0.1, -0.05) is 43.3 Å². The molecular formula is C31H38F6N4O3. The molecule has 2 aromatic rings. The van der Waals surface area contributed by atoms with E-state index in [2.05, 4.69) is 10.3 Å². The molecule has 7 nitrogen and oxygen atoms in total. The van der Waals surface area contributed by atoms with Crippen LogP contribution in [0.3, 0.4) is 0 Å². The maximum atomic E-state index is 13.9. The Hall–Kier alpha value is -3.74. The molecule has 0 aliphatic heterocycles. The maximum Gasteiger partial charge on any atom is 0.416 e. The number of rotatable bonds is 11. The van der Waals surface area contributed by atoms with Gasteiger partial charge < -0.3 is 16.0 Å². The van der Waals surface area contributed by atoms with Crippen molar-refractivity contribution in [3.05, 3.63) is 70.8 Å². The molecule has 3 unspecified atom stereocenters. The van der Waals surface area contributed by atoms with E-state index in [9.17, 15) is 40.7 Å². The normalized spacial score (nSPS) is 19.8. The summed E-state index contributed by atoms with van der Waals surface area (Å²) in [6, 6.07) is 10.0. The van der Waals surface area contributed by atoms with Gasteiger partial charge in [0.05, 0.1) is 17.5 Å². The van der Waals surface area contributed by atoms with Crippen LogP contribution >= 0.6 is 0 Å². The predicted molar refractivity (Wildman–Crippen MR) is 155 cm³/mol. The van der Waals surface area contributed by atoms with Crippen LogP contribution in [0.25, 0.3) is 0 Å². The first-order valence-corrected chi connectivity index (χ1v) is 14.1. The molecule has 2 aromatic carbocycles. The molecular weight excluding hydrogens is 590 g/mol. The van der Waals surface area contributed by atoms with E-state index in [1.54, 1.807) is 38.2 Å². The van der Waals surface area contributed by atoms with Gasteiger partial charge in [0.2, 0.25) is 12.3 Å². The van der Waals surface area contributed by atoms with Gasteiger partial charge in [-0.15, -0.1) is 0 Å². The second kappa shape index (κ2) is 15.8. The van der Waals surface area contributed by atoms with Crippen molar-refractivity contribution in [3.8, 4) is 0 Å². The summed E-state index contributed by atoms with van der Waals surface area (Å²) in [6.45, 7) is 3.98. The van der Waals surface area contributed by atoms with Crippen molar-refractivity contribution in [1.82, 2.24) is 10.2 Å². The van der Waals surface area contributed by atoms with Gasteiger partial charge in [-0.3, -0.25) is 19.4 Å². The maximum absolute atomic E-state index is 13.9. The molecule has 0 heterocycles. The van der Waals surface area contributed by atoms with Gasteiger partial charge in [-0.25, -0.2) is 0 Å². The van der Waals surface area contributed by atoms with E-state index in [1.807, 2.05) is 0 Å². The summed E-state index contributed by atoms with van der Waals surface area (Å²) in [6.07, 6.45) is -7.29. The number of aldehydes is 1. The molecule has 3 N–H and O–H groups in total. The summed E-state index contributed by atoms with van der Waals surface area (Å²) in [5.74, 6) is -1.95. The molecule has 0 saturated heterocycles. The van der Waals surface area contributed by atoms with Crippen LogP contribution in [-0.4, -0.2) is 54.6 Å². The third kappa shape index (κ3) is 9.90. The molecule has 0 spiro atoms. The van der Waals surface area contributed by atoms with Crippen molar-refractivity contribution >= 4 is 24.3 Å². The molecule has 1 fully saturated rings. The number of nitrogens with one attached hydrogen (secondary N) is 1. The lowest BCUT2D eigenvalue weighted by Crippen LogP contribution is -2.53. The molecule has 2 amide bonds. The third-order valence-electron chi connectivity index (χ3n) is 7.57. The SMILES string of the molecule is CCC(c1ccc(C=O)cc1)N(C=O)C1(/N=C(\C)c2ccc(C(F)(F)F)cc2)CCCC(C(F)(F)F)C1.CNCCC(N)=O. The summed E-state index contributed by atoms with van der Waals surface area (Å²) in [5, 5.41) is 2.80. The Bertz CT molecular complexity index is 1260. The van der Waals surface area contributed by atoms with Gasteiger partial charge >= 0.3 is 12.4 Å². The number of primary amides is 1. The van der Waals surface area contributed by atoms with Crippen molar-refractivity contribution < 1.29 is 40.7 Å². The predicted octanol–water partition coefficient (Wildman–Crippen LogP) is 6.47. The molecule has 0 aromatic heterocycles. The lowest BCUT2D eigenvalue weighted by atomic mass is 9.78. The second-order valence-electron chi connectivity index (χ2n) is 10.6. The average molecular weight is 629 g/mol. The molecule has 0 bridgehead atoms. The summed E-state index contributed by atoms with van der Waals surface area (Å²) in [5.41, 5.74) is 3.98. The van der Waals surface area contributed by atoms with Crippen molar-refractivity contribution in [3.63, 3.8) is 0 Å². The van der Waals surface area contributed by atoms with E-state index < -0.39 is 42.0 Å². The number of aliphatic imine (C=N–C) groups is 1. The number of alkyl halides is 6. The van der Waals surface area contributed by atoms with Crippen LogP contribution in [0.5, 0.6) is 0 Å². The summed E-state index contributed by atoms with van der Waals surface area (Å²) in [7, 11) is 1.78. The molecule has 1 aliphatic rings. The highest BCUT2D eigenvalue weighted by Crippen LogP contribution is 2.47. The lowest BCUT2D eigenvalue weighted by molar-refractivity contribution is -0.195. The van der Waals surface area contributed by atoms with Crippen molar-refractivity contribution in [2.24, 2.45) is 16.6 Å². The van der Waals surface area contributed by atoms with E-state index in [1.165, 1.54) is 24.0 Å². The molecule has 1 saturated carbocycles. The Morgan fingerprint density at radius 1 is 1.09 bits per heavy atom. The van der Waals surface area contributed by atoms with Gasteiger partial charge in [0.1, 0.15) is 11.9 Å². The van der Waals surface area contributed by atoms with Crippen LogP contribution < -0.4 is 11.1 Å². The minimum absolute atomic E-state index is 0.0996. The first kappa shape index (κ1) is 36.5. The number of carbonyl (C=O) groups excluding carboxylic acids is 3. The smallest absolute Gasteiger partial charge is 0.370 e. The minimum Gasteiger partial charge on any atom is -0.370 e. The Balaban J connectivity index is 0.000000860. The minimum atomic E-state index is -4.53. The van der Waals surface area contributed by atoms with Crippen molar-refractivity contribution in [2.45, 2.75) is 76.4 Å². The molecule has 242 valence electrons. The first-order valence-electron chi connectivity index (χ1n) is 14.1. The van der Waals surface area contributed by atoms with E-state index in [0.717, 1.165) is 12.1 Å². The van der Waals surface area contributed by atoms with Gasteiger partial charge in [0.15, 0.2) is 0 Å². The largest absolute Gasteiger partial charge is 0.416 e. The molecule has 44 heavy (non-hydrogen) atoms. The topological polar surface area (TPSA) is 105 Å². The van der Waals surface area contributed by atoms with E-state index in [-0.39, 0.29) is 30.9 Å². The Morgan fingerprint density at radius 3 is 2.14 bits per heavy atom. The highest BCUT2D eigenvalue weighted by atomic mass is 19.4. The molecule has 3 atom stereocenters. The highest BCUT2D eigenvalue weighted by molar-refractivity contribution is 5.99. The van der Waals surface area contributed by atoms with E-state index >= 15 is 0 Å². The van der Waals surface area contributed by atoms with Crippen LogP contribution in [0.1, 0.15) is 85.5 Å². The lowest BCUT2D eigenvalue weighted by Gasteiger charge is -2.48. The summed E-state index contributed by atoms with van der Waals surface area (Å²) < 4.78 is 80.6. The molecule has 3 rings (SSSR count). The van der Waals surface area contributed by atoms with Crippen molar-refractivity contribution in [1.29, 1.82) is 0 Å². The third-order valence-corrected chi connectivity index (χ3v) is 7.57. The summed E-state index contributed by atoms with van der Waals surface area (Å²) >= 11 is 0. The van der Waals surface area contributed by atoms with E-state index in [0.29, 0.717) is 48.8 Å². The monoisotopic (exact) mass is 628 g/mol. The average Bonchev–Trinajstić information content (AvgIpc) is 2.98. The molecule has 1 aliphatic carbocycles. The van der Waals surface area contributed by atoms with Crippen molar-refractivity contribution in [2.75, 3.05) is 13.6 Å². The summed E-state index contributed by atoms with van der Waals surface area (Å²) in [4.78, 5) is 39.5. The van der Waals surface area contributed by atoms with Gasteiger partial charge in [0, 0.05) is 30.7 Å². The van der Waals surface area contributed by atoms with Crippen LogP contribution in [-0.2, 0) is 15.8 Å². The second-order valence-corrected chi connectivity index (χ2v) is 10.6. The quantitative estimate of drug-likeness (QED) is 0.169. The zero-order chi connectivity index (χ0) is 33.1. The first-order chi connectivity index (χ1) is 20.6. The Kier molecular flexibility index (Phi) is 13.1. The zero-order valence-electron chi connectivity index (χ0n) is 24.8. The number of benzene rings is 2. The molecule has 0 radical (unpaired) electrons. The fourth-order valence-corrected chi connectivity index (χ4v) is 5.28. The fourth-order valence-electron chi connectivity index (χ4n) is 5.28. The van der Waals surface area contributed by atoms with Crippen LogP contribution in [0.15, 0.2) is 53.5 Å². The number of hydrogen-bond donors (Lipinski definition) is 2. The number of amides is 2. The standard InChI is InChI=1S/C27H28F6N2O2.C4H10N2O/c1-3-24(21-8-6-19(16-36)7-9-21)35(17-37)25(14-4-5-23(15-25)27(31,32)33)34-18(2)20-10-12-22(13-11-20)26(28,29)30;1-6-3-2-4(5)7/h6-13,16-17,23-24H,3-5,14-15H2,1-2H3;6H,2-3H2,1H3,(H2,5,7)/b34-18+;. The van der Waals surface area contributed by atoms with E-state index in [4.69, 9.17) is 5.73 Å². The number of nitrogens with zero attached hydrogens (tertiary/aromatic N) is 2. The number of hydrogen-bond acceptors (Lipinski definition) is 5. The van der Waals surface area contributed by atoms with Crippen LogP contribution in [0.4, 0.5) is 26.3 Å². The number of halogens is 6. The Morgan fingerprint density at radius 2 is 1.70 bits per heavy atom. The van der Waals surface area contributed by atoms with Gasteiger partial charge in [-0.05, 0) is 62.9 Å². The zero-order valence-corrected chi connectivity index (χ0v) is 24.8. The highest BCUT2D eigenvalue weighted by Gasteiger charge is 2.51.